The number of imide groups is 1. The van der Waals surface area contributed by atoms with Gasteiger partial charge in [0.1, 0.15) is 0 Å². The number of nitrogens with one attached hydrogen (secondary N) is 1. The van der Waals surface area contributed by atoms with E-state index in [1.165, 1.54) is 14.2 Å². The Balaban J connectivity index is 3.96. The largest absolute Gasteiger partial charge is 0.481 e. The van der Waals surface area contributed by atoms with E-state index in [4.69, 9.17) is 5.11 Å². The monoisotopic (exact) mass is 260 g/mol. The Hall–Kier alpha value is -2.12. The summed E-state index contributed by atoms with van der Waals surface area (Å²) in [5, 5.41) is 10.4. The van der Waals surface area contributed by atoms with Crippen LogP contribution in [0.1, 0.15) is 19.3 Å². The van der Waals surface area contributed by atoms with Crippen molar-refractivity contribution < 1.29 is 29.0 Å². The summed E-state index contributed by atoms with van der Waals surface area (Å²) in [5.74, 6) is -2.25. The van der Waals surface area contributed by atoms with Crippen LogP contribution in [0.5, 0.6) is 0 Å². The zero-order chi connectivity index (χ0) is 14.1. The number of hydrogen-bond acceptors (Lipinski definition) is 5. The molecule has 102 valence electrons. The van der Waals surface area contributed by atoms with E-state index in [2.05, 4.69) is 4.74 Å². The van der Waals surface area contributed by atoms with E-state index in [1.54, 1.807) is 0 Å². The molecule has 0 saturated heterocycles. The molecular formula is C10H16N2O6. The van der Waals surface area contributed by atoms with Gasteiger partial charge in [-0.1, -0.05) is 0 Å². The number of carboxylic acids is 1. The molecule has 0 aliphatic rings. The van der Waals surface area contributed by atoms with Crippen LogP contribution in [0.3, 0.4) is 0 Å². The second-order valence-corrected chi connectivity index (χ2v) is 3.49. The summed E-state index contributed by atoms with van der Waals surface area (Å²) in [6, 6.07) is -0.686. The summed E-state index contributed by atoms with van der Waals surface area (Å²) < 4.78 is 4.40. The van der Waals surface area contributed by atoms with Crippen molar-refractivity contribution in [3.05, 3.63) is 0 Å². The van der Waals surface area contributed by atoms with Crippen molar-refractivity contribution in [2.45, 2.75) is 19.3 Å². The molecule has 8 nitrogen and oxygen atoms in total. The highest BCUT2D eigenvalue weighted by Crippen LogP contribution is 1.93. The normalized spacial score (nSPS) is 9.44. The summed E-state index contributed by atoms with van der Waals surface area (Å²) in [6.07, 6.45) is -0.597. The fourth-order valence-corrected chi connectivity index (χ4v) is 0.960. The Kier molecular flexibility index (Phi) is 7.10. The zero-order valence-electron chi connectivity index (χ0n) is 10.3. The van der Waals surface area contributed by atoms with Gasteiger partial charge in [0.15, 0.2) is 0 Å². The van der Waals surface area contributed by atoms with Crippen LogP contribution in [-0.4, -0.2) is 54.6 Å². The molecule has 0 heterocycles. The Morgan fingerprint density at radius 1 is 1.17 bits per heavy atom. The van der Waals surface area contributed by atoms with Crippen LogP contribution in [0.15, 0.2) is 0 Å². The van der Waals surface area contributed by atoms with Gasteiger partial charge in [0, 0.05) is 20.0 Å². The van der Waals surface area contributed by atoms with Crippen molar-refractivity contribution in [2.24, 2.45) is 0 Å². The summed E-state index contributed by atoms with van der Waals surface area (Å²) in [5.41, 5.74) is 0. The highest BCUT2D eigenvalue weighted by atomic mass is 16.5. The van der Waals surface area contributed by atoms with Gasteiger partial charge in [0.25, 0.3) is 0 Å². The number of amides is 3. The maximum atomic E-state index is 11.4. The number of aliphatic carboxylic acids is 1. The third-order valence-electron chi connectivity index (χ3n) is 2.04. The minimum absolute atomic E-state index is 0.0176. The highest BCUT2D eigenvalue weighted by Gasteiger charge is 2.14. The Morgan fingerprint density at radius 2 is 1.78 bits per heavy atom. The van der Waals surface area contributed by atoms with Gasteiger partial charge in [-0.3, -0.25) is 19.7 Å². The first-order valence-corrected chi connectivity index (χ1v) is 5.20. The maximum absolute atomic E-state index is 11.4. The van der Waals surface area contributed by atoms with Crippen LogP contribution in [0.25, 0.3) is 0 Å². The minimum Gasteiger partial charge on any atom is -0.481 e. The standard InChI is InChI=1S/C10H16N2O6/c1-12(6-5-9(16)18-2)10(17)11-7(13)3-4-8(14)15/h3-6H2,1-2H3,(H,14,15)(H,11,13,17). The number of hydrogen-bond donors (Lipinski definition) is 2. The molecule has 0 spiro atoms. The average molecular weight is 260 g/mol. The van der Waals surface area contributed by atoms with Gasteiger partial charge in [0.05, 0.1) is 20.0 Å². The molecule has 0 radical (unpaired) electrons. The number of carbonyl (C=O) groups excluding carboxylic acids is 3. The van der Waals surface area contributed by atoms with Crippen molar-refractivity contribution in [2.75, 3.05) is 20.7 Å². The molecule has 3 amide bonds. The van der Waals surface area contributed by atoms with Gasteiger partial charge >= 0.3 is 18.0 Å². The van der Waals surface area contributed by atoms with E-state index >= 15 is 0 Å². The summed E-state index contributed by atoms with van der Waals surface area (Å²) in [6.45, 7) is 0.102. The first kappa shape index (κ1) is 15.9. The van der Waals surface area contributed by atoms with Gasteiger partial charge in [-0.15, -0.1) is 0 Å². The lowest BCUT2D eigenvalue weighted by molar-refractivity contribution is -0.141. The lowest BCUT2D eigenvalue weighted by Gasteiger charge is -2.16. The number of ether oxygens (including phenoxy) is 1. The molecule has 18 heavy (non-hydrogen) atoms. The van der Waals surface area contributed by atoms with E-state index in [1.807, 2.05) is 5.32 Å². The van der Waals surface area contributed by atoms with E-state index in [9.17, 15) is 19.2 Å². The lowest BCUT2D eigenvalue weighted by atomic mass is 10.3. The van der Waals surface area contributed by atoms with Gasteiger partial charge in [0.2, 0.25) is 5.91 Å². The molecule has 0 unspecified atom stereocenters. The van der Waals surface area contributed by atoms with Crippen molar-refractivity contribution in [1.82, 2.24) is 10.2 Å². The molecule has 8 heteroatoms. The van der Waals surface area contributed by atoms with Crippen molar-refractivity contribution in [1.29, 1.82) is 0 Å². The van der Waals surface area contributed by atoms with Gasteiger partial charge in [-0.2, -0.15) is 0 Å². The summed E-state index contributed by atoms with van der Waals surface area (Å²) in [7, 11) is 2.64. The van der Waals surface area contributed by atoms with Crippen molar-refractivity contribution in [3.63, 3.8) is 0 Å². The Morgan fingerprint density at radius 3 is 2.28 bits per heavy atom. The lowest BCUT2D eigenvalue weighted by Crippen LogP contribution is -2.41. The molecule has 0 aromatic carbocycles. The molecule has 0 aliphatic carbocycles. The van der Waals surface area contributed by atoms with Crippen molar-refractivity contribution >= 4 is 23.9 Å². The van der Waals surface area contributed by atoms with Crippen LogP contribution in [0, 0.1) is 0 Å². The van der Waals surface area contributed by atoms with Crippen molar-refractivity contribution in [3.8, 4) is 0 Å². The smallest absolute Gasteiger partial charge is 0.323 e. The Bertz CT molecular complexity index is 341. The highest BCUT2D eigenvalue weighted by molar-refractivity contribution is 5.95. The molecule has 2 N–H and O–H groups in total. The number of carbonyl (C=O) groups is 4. The topological polar surface area (TPSA) is 113 Å². The van der Waals surface area contributed by atoms with E-state index in [0.29, 0.717) is 0 Å². The predicted octanol–water partition coefficient (Wildman–Crippen LogP) is -0.418. The van der Waals surface area contributed by atoms with Crippen LogP contribution in [-0.2, 0) is 19.1 Å². The third-order valence-corrected chi connectivity index (χ3v) is 2.04. The number of urea groups is 1. The van der Waals surface area contributed by atoms with E-state index in [-0.39, 0.29) is 25.8 Å². The van der Waals surface area contributed by atoms with Gasteiger partial charge in [-0.25, -0.2) is 4.79 Å². The zero-order valence-corrected chi connectivity index (χ0v) is 10.3. The quantitative estimate of drug-likeness (QED) is 0.627. The molecule has 0 aromatic heterocycles. The summed E-state index contributed by atoms with van der Waals surface area (Å²) in [4.78, 5) is 44.7. The van der Waals surface area contributed by atoms with Crippen LogP contribution >= 0.6 is 0 Å². The maximum Gasteiger partial charge on any atom is 0.323 e. The molecule has 0 fully saturated rings. The fraction of sp³-hybridized carbons (Fsp3) is 0.600. The predicted molar refractivity (Wildman–Crippen MR) is 59.7 cm³/mol. The van der Waals surface area contributed by atoms with Gasteiger partial charge in [-0.05, 0) is 0 Å². The summed E-state index contributed by atoms with van der Waals surface area (Å²) >= 11 is 0. The molecule has 0 atom stereocenters. The van der Waals surface area contributed by atoms with E-state index < -0.39 is 23.9 Å². The molecule has 0 aliphatic heterocycles. The number of methoxy groups -OCH3 is 1. The number of carboxylic acid groups (broad SMARTS) is 1. The number of esters is 1. The molecule has 0 rings (SSSR count). The Labute approximate surface area is 104 Å². The second-order valence-electron chi connectivity index (χ2n) is 3.49. The third kappa shape index (κ3) is 7.20. The van der Waals surface area contributed by atoms with Crippen LogP contribution in [0.2, 0.25) is 0 Å². The number of rotatable bonds is 6. The molecular weight excluding hydrogens is 244 g/mol. The fourth-order valence-electron chi connectivity index (χ4n) is 0.960. The molecule has 0 aromatic rings. The first-order valence-electron chi connectivity index (χ1n) is 5.20. The first-order chi connectivity index (χ1) is 8.36. The van der Waals surface area contributed by atoms with Crippen LogP contribution in [0.4, 0.5) is 4.79 Å². The number of nitrogens with zero attached hydrogens (tertiary/aromatic N) is 1. The average Bonchev–Trinajstić information content (AvgIpc) is 2.32. The van der Waals surface area contributed by atoms with E-state index in [0.717, 1.165) is 4.90 Å². The molecule has 0 bridgehead atoms. The van der Waals surface area contributed by atoms with Crippen LogP contribution < -0.4 is 5.32 Å². The SMILES string of the molecule is COC(=O)CCN(C)C(=O)NC(=O)CCC(=O)O. The molecule has 0 saturated carbocycles. The minimum atomic E-state index is -1.11. The second kappa shape index (κ2) is 8.04. The van der Waals surface area contributed by atoms with Gasteiger partial charge < -0.3 is 14.7 Å².